The van der Waals surface area contributed by atoms with Gasteiger partial charge in [-0.05, 0) is 25.0 Å². The van der Waals surface area contributed by atoms with E-state index in [9.17, 15) is 4.79 Å². The highest BCUT2D eigenvalue weighted by molar-refractivity contribution is 5.98. The van der Waals surface area contributed by atoms with Crippen molar-refractivity contribution >= 4 is 24.0 Å². The average Bonchev–Trinajstić information content (AvgIpc) is 2.40. The van der Waals surface area contributed by atoms with Crippen molar-refractivity contribution in [1.29, 1.82) is 0 Å². The van der Waals surface area contributed by atoms with Crippen LogP contribution in [-0.2, 0) is 9.53 Å². The Balaban J connectivity index is 0.00000180. The number of carbonyl (C=O) groups is 1. The molecule has 1 amide bonds. The largest absolute Gasteiger partial charge is 0.497 e. The molecule has 0 aliphatic carbocycles. The molecule has 0 radical (unpaired) electrons. The fourth-order valence-corrected chi connectivity index (χ4v) is 1.92. The van der Waals surface area contributed by atoms with Gasteiger partial charge in [-0.25, -0.2) is 0 Å². The Kier molecular flexibility index (Phi) is 5.60. The van der Waals surface area contributed by atoms with E-state index in [1.165, 1.54) is 0 Å². The van der Waals surface area contributed by atoms with Crippen LogP contribution in [0.3, 0.4) is 0 Å². The van der Waals surface area contributed by atoms with E-state index in [0.717, 1.165) is 0 Å². The molecule has 0 bridgehead atoms. The molecule has 2 rings (SSSR count). The van der Waals surface area contributed by atoms with Gasteiger partial charge in [-0.3, -0.25) is 4.79 Å². The van der Waals surface area contributed by atoms with E-state index in [2.05, 4.69) is 5.32 Å². The maximum absolute atomic E-state index is 12.2. The van der Waals surface area contributed by atoms with Crippen molar-refractivity contribution in [2.45, 2.75) is 18.4 Å². The first-order valence-corrected chi connectivity index (χ1v) is 5.96. The molecule has 0 spiro atoms. The summed E-state index contributed by atoms with van der Waals surface area (Å²) in [6, 6.07) is 7.22. The number of anilines is 1. The highest BCUT2D eigenvalue weighted by atomic mass is 35.5. The van der Waals surface area contributed by atoms with Gasteiger partial charge in [-0.2, -0.15) is 0 Å². The van der Waals surface area contributed by atoms with E-state index in [1.54, 1.807) is 13.2 Å². The molecule has 5 nitrogen and oxygen atoms in total. The topological polar surface area (TPSA) is 73.6 Å². The lowest BCUT2D eigenvalue weighted by Crippen LogP contribution is -2.54. The summed E-state index contributed by atoms with van der Waals surface area (Å²) in [6.07, 6.45) is 1.09. The Bertz CT molecular complexity index is 434. The minimum atomic E-state index is -0.832. The normalized spacial score (nSPS) is 17.2. The molecule has 1 fully saturated rings. The van der Waals surface area contributed by atoms with Gasteiger partial charge in [0.2, 0.25) is 5.91 Å². The van der Waals surface area contributed by atoms with Gasteiger partial charge in [-0.15, -0.1) is 12.4 Å². The van der Waals surface area contributed by atoms with Crippen LogP contribution in [0.15, 0.2) is 24.3 Å². The number of carbonyl (C=O) groups excluding carboxylic acids is 1. The number of nitrogens with one attached hydrogen (secondary N) is 1. The van der Waals surface area contributed by atoms with Crippen molar-refractivity contribution in [2.75, 3.05) is 25.6 Å². The van der Waals surface area contributed by atoms with Crippen LogP contribution in [0.2, 0.25) is 0 Å². The summed E-state index contributed by atoms with van der Waals surface area (Å²) in [4.78, 5) is 12.2. The summed E-state index contributed by atoms with van der Waals surface area (Å²) in [5.74, 6) is 0.532. The van der Waals surface area contributed by atoms with Gasteiger partial charge in [0.25, 0.3) is 0 Å². The fraction of sp³-hybridized carbons (Fsp3) is 0.462. The lowest BCUT2D eigenvalue weighted by Gasteiger charge is -2.31. The zero-order valence-corrected chi connectivity index (χ0v) is 11.7. The Hall–Kier alpha value is -1.30. The molecule has 0 unspecified atom stereocenters. The molecule has 1 heterocycles. The van der Waals surface area contributed by atoms with E-state index < -0.39 is 5.54 Å². The predicted molar refractivity (Wildman–Crippen MR) is 75.8 cm³/mol. The van der Waals surface area contributed by atoms with Gasteiger partial charge in [0.05, 0.1) is 7.11 Å². The van der Waals surface area contributed by atoms with Crippen LogP contribution < -0.4 is 15.8 Å². The molecule has 1 aromatic rings. The molecule has 0 saturated carbocycles. The zero-order valence-electron chi connectivity index (χ0n) is 10.8. The third-order valence-electron chi connectivity index (χ3n) is 3.16. The van der Waals surface area contributed by atoms with Gasteiger partial charge in [-0.1, -0.05) is 6.07 Å². The smallest absolute Gasteiger partial charge is 0.244 e. The number of methoxy groups -OCH3 is 1. The van der Waals surface area contributed by atoms with Gasteiger partial charge in [0.15, 0.2) is 0 Å². The van der Waals surface area contributed by atoms with Gasteiger partial charge >= 0.3 is 0 Å². The molecule has 19 heavy (non-hydrogen) atoms. The van der Waals surface area contributed by atoms with Gasteiger partial charge in [0.1, 0.15) is 11.3 Å². The Morgan fingerprint density at radius 2 is 2.11 bits per heavy atom. The van der Waals surface area contributed by atoms with Gasteiger partial charge < -0.3 is 20.5 Å². The number of benzene rings is 1. The summed E-state index contributed by atoms with van der Waals surface area (Å²) < 4.78 is 10.3. The summed E-state index contributed by atoms with van der Waals surface area (Å²) in [5.41, 5.74) is 5.96. The molecule has 106 valence electrons. The SMILES string of the molecule is COc1cccc(NC(=O)C2(N)CCOCC2)c1.Cl. The molecular formula is C13H19ClN2O3. The molecular weight excluding hydrogens is 268 g/mol. The first-order valence-electron chi connectivity index (χ1n) is 5.96. The van der Waals surface area contributed by atoms with E-state index >= 15 is 0 Å². The number of amides is 1. The van der Waals surface area contributed by atoms with Crippen LogP contribution in [0.1, 0.15) is 12.8 Å². The average molecular weight is 287 g/mol. The highest BCUT2D eigenvalue weighted by Gasteiger charge is 2.35. The monoisotopic (exact) mass is 286 g/mol. The predicted octanol–water partition coefficient (Wildman–Crippen LogP) is 1.56. The molecule has 1 aliphatic heterocycles. The quantitative estimate of drug-likeness (QED) is 0.884. The van der Waals surface area contributed by atoms with Crippen molar-refractivity contribution in [3.05, 3.63) is 24.3 Å². The molecule has 3 N–H and O–H groups in total. The van der Waals surface area contributed by atoms with Crippen LogP contribution in [-0.4, -0.2) is 31.8 Å². The van der Waals surface area contributed by atoms with Crippen molar-refractivity contribution < 1.29 is 14.3 Å². The maximum atomic E-state index is 12.2. The van der Waals surface area contributed by atoms with Crippen LogP contribution in [0.5, 0.6) is 5.75 Å². The second kappa shape index (κ2) is 6.75. The summed E-state index contributed by atoms with van der Waals surface area (Å²) in [5, 5.41) is 2.83. The van der Waals surface area contributed by atoms with E-state index in [0.29, 0.717) is 37.5 Å². The summed E-state index contributed by atoms with van der Waals surface area (Å²) >= 11 is 0. The minimum Gasteiger partial charge on any atom is -0.497 e. The molecule has 0 atom stereocenters. The second-order valence-corrected chi connectivity index (χ2v) is 4.45. The van der Waals surface area contributed by atoms with Crippen molar-refractivity contribution in [2.24, 2.45) is 5.73 Å². The number of ether oxygens (including phenoxy) is 2. The summed E-state index contributed by atoms with van der Waals surface area (Å²) in [6.45, 7) is 1.06. The number of hydrogen-bond acceptors (Lipinski definition) is 4. The Morgan fingerprint density at radius 3 is 2.74 bits per heavy atom. The Labute approximate surface area is 118 Å². The number of nitrogens with two attached hydrogens (primary N) is 1. The van der Waals surface area contributed by atoms with E-state index in [4.69, 9.17) is 15.2 Å². The van der Waals surface area contributed by atoms with Crippen LogP contribution >= 0.6 is 12.4 Å². The number of hydrogen-bond donors (Lipinski definition) is 2. The third kappa shape index (κ3) is 3.83. The standard InChI is InChI=1S/C13H18N2O3.ClH/c1-17-11-4-2-3-10(9-11)15-12(16)13(14)5-7-18-8-6-13;/h2-4,9H,5-8,14H2,1H3,(H,15,16);1H. The number of rotatable bonds is 3. The number of halogens is 1. The van der Waals surface area contributed by atoms with Crippen LogP contribution in [0.4, 0.5) is 5.69 Å². The minimum absolute atomic E-state index is 0. The van der Waals surface area contributed by atoms with Crippen LogP contribution in [0, 0.1) is 0 Å². The van der Waals surface area contributed by atoms with Gasteiger partial charge in [0, 0.05) is 25.0 Å². The molecule has 1 saturated heterocycles. The lowest BCUT2D eigenvalue weighted by molar-refractivity contribution is -0.124. The maximum Gasteiger partial charge on any atom is 0.244 e. The van der Waals surface area contributed by atoms with Crippen molar-refractivity contribution in [3.63, 3.8) is 0 Å². The van der Waals surface area contributed by atoms with E-state index in [-0.39, 0.29) is 18.3 Å². The van der Waals surface area contributed by atoms with E-state index in [1.807, 2.05) is 18.2 Å². The molecule has 1 aromatic carbocycles. The second-order valence-electron chi connectivity index (χ2n) is 4.45. The molecule has 1 aliphatic rings. The van der Waals surface area contributed by atoms with Crippen molar-refractivity contribution in [1.82, 2.24) is 0 Å². The molecule has 6 heteroatoms. The first kappa shape index (κ1) is 15.8. The fourth-order valence-electron chi connectivity index (χ4n) is 1.92. The highest BCUT2D eigenvalue weighted by Crippen LogP contribution is 2.22. The summed E-state index contributed by atoms with van der Waals surface area (Å²) in [7, 11) is 1.59. The molecule has 0 aromatic heterocycles. The zero-order chi connectivity index (χ0) is 13.0. The third-order valence-corrected chi connectivity index (χ3v) is 3.16. The lowest BCUT2D eigenvalue weighted by atomic mass is 9.90. The van der Waals surface area contributed by atoms with Crippen LogP contribution in [0.25, 0.3) is 0 Å². The first-order chi connectivity index (χ1) is 8.64. The van der Waals surface area contributed by atoms with Crippen molar-refractivity contribution in [3.8, 4) is 5.75 Å². The Morgan fingerprint density at radius 1 is 1.42 bits per heavy atom.